The number of amides is 2. The standard InChI is InChI=1S/C15H30N2O3/c1-7-15(8-2,9-3)16-13(20)17(14(4,5)6)11-10-12(18)19/h7-11H2,1-6H3,(H,16,20)(H,18,19). The van der Waals surface area contributed by atoms with Gasteiger partial charge in [-0.3, -0.25) is 4.79 Å². The summed E-state index contributed by atoms with van der Waals surface area (Å²) in [5.41, 5.74) is -0.607. The Labute approximate surface area is 122 Å². The van der Waals surface area contributed by atoms with Crippen molar-refractivity contribution < 1.29 is 14.7 Å². The van der Waals surface area contributed by atoms with Crippen LogP contribution in [0.1, 0.15) is 67.2 Å². The molecule has 118 valence electrons. The van der Waals surface area contributed by atoms with Gasteiger partial charge in [0.05, 0.1) is 6.42 Å². The van der Waals surface area contributed by atoms with Gasteiger partial charge in [-0.25, -0.2) is 4.79 Å². The van der Waals surface area contributed by atoms with E-state index in [9.17, 15) is 9.59 Å². The summed E-state index contributed by atoms with van der Waals surface area (Å²) in [6.07, 6.45) is 2.55. The third kappa shape index (κ3) is 5.39. The zero-order chi connectivity index (χ0) is 16.0. The van der Waals surface area contributed by atoms with Crippen LogP contribution in [0.2, 0.25) is 0 Å². The first-order valence-corrected chi connectivity index (χ1v) is 7.43. The van der Waals surface area contributed by atoms with Crippen molar-refractivity contribution in [1.29, 1.82) is 0 Å². The second-order valence-electron chi connectivity index (χ2n) is 6.24. The van der Waals surface area contributed by atoms with E-state index in [1.165, 1.54) is 0 Å². The van der Waals surface area contributed by atoms with Gasteiger partial charge in [0, 0.05) is 17.6 Å². The van der Waals surface area contributed by atoms with E-state index in [1.807, 2.05) is 20.8 Å². The Morgan fingerprint density at radius 2 is 1.50 bits per heavy atom. The minimum atomic E-state index is -0.889. The molecule has 0 radical (unpaired) electrons. The Hall–Kier alpha value is -1.26. The van der Waals surface area contributed by atoms with E-state index in [0.717, 1.165) is 19.3 Å². The predicted molar refractivity (Wildman–Crippen MR) is 80.8 cm³/mol. The van der Waals surface area contributed by atoms with Crippen LogP contribution in [-0.4, -0.2) is 39.6 Å². The van der Waals surface area contributed by atoms with Crippen molar-refractivity contribution in [2.75, 3.05) is 6.54 Å². The summed E-state index contributed by atoms with van der Waals surface area (Å²) in [7, 11) is 0. The van der Waals surface area contributed by atoms with Gasteiger partial charge < -0.3 is 15.3 Å². The van der Waals surface area contributed by atoms with Gasteiger partial charge in [-0.15, -0.1) is 0 Å². The largest absolute Gasteiger partial charge is 0.481 e. The number of carbonyl (C=O) groups excluding carboxylic acids is 1. The molecule has 0 aromatic rings. The van der Waals surface area contributed by atoms with E-state index in [0.29, 0.717) is 0 Å². The fourth-order valence-corrected chi connectivity index (χ4v) is 2.26. The second kappa shape index (κ2) is 7.50. The molecule has 0 spiro atoms. The average Bonchev–Trinajstić information content (AvgIpc) is 2.34. The molecule has 0 fully saturated rings. The highest BCUT2D eigenvalue weighted by molar-refractivity contribution is 5.76. The average molecular weight is 286 g/mol. The number of carbonyl (C=O) groups is 2. The fraction of sp³-hybridized carbons (Fsp3) is 0.867. The van der Waals surface area contributed by atoms with E-state index in [-0.39, 0.29) is 24.5 Å². The molecule has 0 unspecified atom stereocenters. The zero-order valence-electron chi connectivity index (χ0n) is 13.7. The van der Waals surface area contributed by atoms with E-state index in [1.54, 1.807) is 4.90 Å². The van der Waals surface area contributed by atoms with Crippen LogP contribution in [0.25, 0.3) is 0 Å². The topological polar surface area (TPSA) is 69.6 Å². The maximum absolute atomic E-state index is 12.5. The molecule has 20 heavy (non-hydrogen) atoms. The maximum Gasteiger partial charge on any atom is 0.318 e. The Morgan fingerprint density at radius 1 is 1.05 bits per heavy atom. The fourth-order valence-electron chi connectivity index (χ4n) is 2.26. The molecule has 0 rings (SSSR count). The summed E-state index contributed by atoms with van der Waals surface area (Å²) in [4.78, 5) is 24.9. The summed E-state index contributed by atoms with van der Waals surface area (Å²) >= 11 is 0. The molecular weight excluding hydrogens is 256 g/mol. The molecular formula is C15H30N2O3. The molecule has 0 aromatic heterocycles. The van der Waals surface area contributed by atoms with Crippen LogP contribution in [0.4, 0.5) is 4.79 Å². The molecule has 2 N–H and O–H groups in total. The van der Waals surface area contributed by atoms with Gasteiger partial charge in [0.2, 0.25) is 0 Å². The Balaban J connectivity index is 5.00. The lowest BCUT2D eigenvalue weighted by molar-refractivity contribution is -0.137. The number of hydrogen-bond donors (Lipinski definition) is 2. The first-order chi connectivity index (χ1) is 9.11. The van der Waals surface area contributed by atoms with Crippen LogP contribution < -0.4 is 5.32 Å². The van der Waals surface area contributed by atoms with Crippen molar-refractivity contribution in [2.45, 2.75) is 78.3 Å². The minimum absolute atomic E-state index is 0.0396. The molecule has 5 nitrogen and oxygen atoms in total. The van der Waals surface area contributed by atoms with Crippen molar-refractivity contribution >= 4 is 12.0 Å². The van der Waals surface area contributed by atoms with Gasteiger partial charge in [-0.1, -0.05) is 20.8 Å². The molecule has 0 bridgehead atoms. The lowest BCUT2D eigenvalue weighted by atomic mass is 9.90. The molecule has 0 heterocycles. The quantitative estimate of drug-likeness (QED) is 0.755. The monoisotopic (exact) mass is 286 g/mol. The van der Waals surface area contributed by atoms with E-state index >= 15 is 0 Å². The van der Waals surface area contributed by atoms with Crippen LogP contribution in [0.3, 0.4) is 0 Å². The van der Waals surface area contributed by atoms with Crippen molar-refractivity contribution in [2.24, 2.45) is 0 Å². The number of carboxylic acid groups (broad SMARTS) is 1. The lowest BCUT2D eigenvalue weighted by Crippen LogP contribution is -2.57. The van der Waals surface area contributed by atoms with E-state index in [2.05, 4.69) is 26.1 Å². The van der Waals surface area contributed by atoms with Crippen molar-refractivity contribution in [3.63, 3.8) is 0 Å². The number of rotatable bonds is 7. The van der Waals surface area contributed by atoms with Crippen LogP contribution in [0.15, 0.2) is 0 Å². The van der Waals surface area contributed by atoms with E-state index in [4.69, 9.17) is 5.11 Å². The Morgan fingerprint density at radius 3 is 1.80 bits per heavy atom. The zero-order valence-corrected chi connectivity index (χ0v) is 13.7. The first-order valence-electron chi connectivity index (χ1n) is 7.43. The normalized spacial score (nSPS) is 12.1. The minimum Gasteiger partial charge on any atom is -0.481 e. The van der Waals surface area contributed by atoms with Gasteiger partial charge in [0.25, 0.3) is 0 Å². The van der Waals surface area contributed by atoms with Gasteiger partial charge in [0.15, 0.2) is 0 Å². The third-order valence-electron chi connectivity index (χ3n) is 4.01. The smallest absolute Gasteiger partial charge is 0.318 e. The number of carboxylic acids is 1. The number of nitrogens with one attached hydrogen (secondary N) is 1. The van der Waals surface area contributed by atoms with Gasteiger partial charge in [-0.2, -0.15) is 0 Å². The molecule has 0 saturated carbocycles. The molecule has 0 atom stereocenters. The van der Waals surface area contributed by atoms with Gasteiger partial charge >= 0.3 is 12.0 Å². The second-order valence-corrected chi connectivity index (χ2v) is 6.24. The molecule has 0 saturated heterocycles. The van der Waals surface area contributed by atoms with Crippen LogP contribution in [-0.2, 0) is 4.79 Å². The highest BCUT2D eigenvalue weighted by Gasteiger charge is 2.32. The predicted octanol–water partition coefficient (Wildman–Crippen LogP) is 3.24. The van der Waals surface area contributed by atoms with Crippen LogP contribution >= 0.6 is 0 Å². The Kier molecular flexibility index (Phi) is 7.03. The summed E-state index contributed by atoms with van der Waals surface area (Å²) < 4.78 is 0. The molecule has 0 aromatic carbocycles. The number of hydrogen-bond acceptors (Lipinski definition) is 2. The summed E-state index contributed by atoms with van der Waals surface area (Å²) in [5.74, 6) is -0.889. The van der Waals surface area contributed by atoms with Gasteiger partial charge in [0.1, 0.15) is 0 Å². The lowest BCUT2D eigenvalue weighted by Gasteiger charge is -2.40. The Bertz CT molecular complexity index is 322. The van der Waals surface area contributed by atoms with Crippen LogP contribution in [0, 0.1) is 0 Å². The summed E-state index contributed by atoms with van der Waals surface area (Å²) in [5, 5.41) is 11.9. The van der Waals surface area contributed by atoms with Crippen molar-refractivity contribution in [3.8, 4) is 0 Å². The molecule has 5 heteroatoms. The molecule has 0 aliphatic rings. The first kappa shape index (κ1) is 18.7. The number of nitrogens with zero attached hydrogens (tertiary/aromatic N) is 1. The molecule has 0 aliphatic heterocycles. The van der Waals surface area contributed by atoms with E-state index < -0.39 is 11.5 Å². The summed E-state index contributed by atoms with van der Waals surface area (Å²) in [6.45, 7) is 12.2. The number of aliphatic carboxylic acids is 1. The molecule has 2 amide bonds. The molecule has 0 aliphatic carbocycles. The van der Waals surface area contributed by atoms with Gasteiger partial charge in [-0.05, 0) is 40.0 Å². The highest BCUT2D eigenvalue weighted by Crippen LogP contribution is 2.21. The van der Waals surface area contributed by atoms with Crippen molar-refractivity contribution in [1.82, 2.24) is 10.2 Å². The maximum atomic E-state index is 12.5. The van der Waals surface area contributed by atoms with Crippen molar-refractivity contribution in [3.05, 3.63) is 0 Å². The number of urea groups is 1. The summed E-state index contributed by atoms with van der Waals surface area (Å²) in [6, 6.07) is -0.177. The SMILES string of the molecule is CCC(CC)(CC)NC(=O)N(CCC(=O)O)C(C)(C)C. The van der Waals surface area contributed by atoms with Crippen LogP contribution in [0.5, 0.6) is 0 Å². The highest BCUT2D eigenvalue weighted by atomic mass is 16.4. The third-order valence-corrected chi connectivity index (χ3v) is 4.01.